The maximum absolute atomic E-state index is 12.6. The molecule has 2 heterocycles. The SMILES string of the molecule is C[Si](C)(C)CCOCn1nnc2cc(CN3Cc4ccccc4C3=O)ccc21. The van der Waals surface area contributed by atoms with Crippen LogP contribution >= 0.6 is 0 Å². The third-order valence-electron chi connectivity index (χ3n) is 5.06. The van der Waals surface area contributed by atoms with Gasteiger partial charge in [-0.25, -0.2) is 4.68 Å². The van der Waals surface area contributed by atoms with Gasteiger partial charge in [-0.2, -0.15) is 0 Å². The summed E-state index contributed by atoms with van der Waals surface area (Å²) in [7, 11) is -1.09. The van der Waals surface area contributed by atoms with E-state index in [0.717, 1.165) is 40.4 Å². The lowest BCUT2D eigenvalue weighted by molar-refractivity contribution is 0.0766. The lowest BCUT2D eigenvalue weighted by Crippen LogP contribution is -2.23. The summed E-state index contributed by atoms with van der Waals surface area (Å²) in [6, 6.07) is 15.0. The lowest BCUT2D eigenvalue weighted by Gasteiger charge is -2.16. The third-order valence-corrected chi connectivity index (χ3v) is 6.76. The Kier molecular flexibility index (Phi) is 5.03. The average molecular weight is 395 g/mol. The third kappa shape index (κ3) is 4.00. The smallest absolute Gasteiger partial charge is 0.254 e. The van der Waals surface area contributed by atoms with Gasteiger partial charge in [-0.1, -0.05) is 49.1 Å². The fourth-order valence-electron chi connectivity index (χ4n) is 3.40. The van der Waals surface area contributed by atoms with Gasteiger partial charge in [0, 0.05) is 33.3 Å². The van der Waals surface area contributed by atoms with E-state index in [1.165, 1.54) is 0 Å². The van der Waals surface area contributed by atoms with E-state index in [4.69, 9.17) is 4.74 Å². The van der Waals surface area contributed by atoms with Gasteiger partial charge in [-0.3, -0.25) is 4.79 Å². The quantitative estimate of drug-likeness (QED) is 0.450. The summed E-state index contributed by atoms with van der Waals surface area (Å²) in [5.41, 5.74) is 4.74. The number of hydrogen-bond donors (Lipinski definition) is 0. The number of rotatable bonds is 7. The molecule has 1 aromatic heterocycles. The van der Waals surface area contributed by atoms with Crippen LogP contribution in [-0.4, -0.2) is 40.5 Å². The molecule has 6 nitrogen and oxygen atoms in total. The zero-order valence-electron chi connectivity index (χ0n) is 16.7. The van der Waals surface area contributed by atoms with Crippen molar-refractivity contribution in [1.29, 1.82) is 0 Å². The highest BCUT2D eigenvalue weighted by Gasteiger charge is 2.26. The first-order valence-corrected chi connectivity index (χ1v) is 13.4. The minimum absolute atomic E-state index is 0.0927. The van der Waals surface area contributed by atoms with E-state index >= 15 is 0 Å². The van der Waals surface area contributed by atoms with Crippen molar-refractivity contribution in [2.24, 2.45) is 0 Å². The summed E-state index contributed by atoms with van der Waals surface area (Å²) in [4.78, 5) is 14.4. The van der Waals surface area contributed by atoms with Crippen molar-refractivity contribution in [3.8, 4) is 0 Å². The first-order valence-electron chi connectivity index (χ1n) is 9.68. The molecule has 0 unspecified atom stereocenters. The first-order chi connectivity index (χ1) is 13.4. The summed E-state index contributed by atoms with van der Waals surface area (Å²) in [6.45, 7) is 9.42. The van der Waals surface area contributed by atoms with E-state index in [1.54, 1.807) is 4.68 Å². The second-order valence-corrected chi connectivity index (χ2v) is 14.2. The van der Waals surface area contributed by atoms with Gasteiger partial charge in [0.2, 0.25) is 0 Å². The van der Waals surface area contributed by atoms with Crippen LogP contribution in [0.3, 0.4) is 0 Å². The van der Waals surface area contributed by atoms with Crippen LogP contribution in [-0.2, 0) is 24.6 Å². The first kappa shape index (κ1) is 18.8. The molecule has 0 N–H and O–H groups in total. The van der Waals surface area contributed by atoms with Gasteiger partial charge in [0.25, 0.3) is 5.91 Å². The van der Waals surface area contributed by atoms with Crippen LogP contribution in [0.25, 0.3) is 11.0 Å². The van der Waals surface area contributed by atoms with Crippen molar-refractivity contribution in [3.05, 3.63) is 59.2 Å². The largest absolute Gasteiger partial charge is 0.359 e. The molecule has 1 aliphatic heterocycles. The minimum Gasteiger partial charge on any atom is -0.359 e. The van der Waals surface area contributed by atoms with Crippen LogP contribution in [0.4, 0.5) is 0 Å². The monoisotopic (exact) mass is 394 g/mol. The number of hydrogen-bond acceptors (Lipinski definition) is 4. The Morgan fingerprint density at radius 1 is 1.14 bits per heavy atom. The molecular weight excluding hydrogens is 368 g/mol. The number of aromatic nitrogens is 3. The van der Waals surface area contributed by atoms with Crippen molar-refractivity contribution in [1.82, 2.24) is 19.9 Å². The molecule has 0 aliphatic carbocycles. The summed E-state index contributed by atoms with van der Waals surface area (Å²) >= 11 is 0. The molecule has 0 fully saturated rings. The Balaban J connectivity index is 1.41. The normalized spacial score (nSPS) is 14.1. The molecule has 0 radical (unpaired) electrons. The minimum atomic E-state index is -1.09. The van der Waals surface area contributed by atoms with Gasteiger partial charge < -0.3 is 9.64 Å². The van der Waals surface area contributed by atoms with Crippen LogP contribution in [0.2, 0.25) is 25.7 Å². The van der Waals surface area contributed by atoms with Crippen LogP contribution in [0.5, 0.6) is 0 Å². The van der Waals surface area contributed by atoms with Gasteiger partial charge in [-0.15, -0.1) is 5.10 Å². The number of benzene rings is 2. The maximum Gasteiger partial charge on any atom is 0.254 e. The summed E-state index contributed by atoms with van der Waals surface area (Å²) in [5.74, 6) is 0.0927. The van der Waals surface area contributed by atoms with E-state index in [-0.39, 0.29) is 5.91 Å². The molecule has 3 aromatic rings. The number of carbonyl (C=O) groups is 1. The fourth-order valence-corrected chi connectivity index (χ4v) is 4.16. The molecule has 0 saturated carbocycles. The number of ether oxygens (including phenoxy) is 1. The Morgan fingerprint density at radius 3 is 2.75 bits per heavy atom. The second-order valence-electron chi connectivity index (χ2n) is 8.58. The van der Waals surface area contributed by atoms with Gasteiger partial charge in [0.15, 0.2) is 0 Å². The zero-order chi connectivity index (χ0) is 19.7. The Morgan fingerprint density at radius 2 is 1.96 bits per heavy atom. The van der Waals surface area contributed by atoms with Crippen molar-refractivity contribution < 1.29 is 9.53 Å². The van der Waals surface area contributed by atoms with Crippen molar-refractivity contribution in [2.75, 3.05) is 6.61 Å². The molecule has 1 aliphatic rings. The molecule has 0 bridgehead atoms. The van der Waals surface area contributed by atoms with Crippen LogP contribution < -0.4 is 0 Å². The molecular formula is C21H26N4O2Si. The molecule has 0 spiro atoms. The standard InChI is InChI=1S/C21H26N4O2Si/c1-28(2,3)11-10-27-15-25-20-9-8-16(12-19(20)22-23-25)13-24-14-17-6-4-5-7-18(17)21(24)26/h4-9,12H,10-11,13-15H2,1-3H3. The van der Waals surface area contributed by atoms with E-state index in [9.17, 15) is 4.79 Å². The highest BCUT2D eigenvalue weighted by Crippen LogP contribution is 2.25. The van der Waals surface area contributed by atoms with Crippen LogP contribution in [0.15, 0.2) is 42.5 Å². The second kappa shape index (κ2) is 7.48. The van der Waals surface area contributed by atoms with E-state index in [0.29, 0.717) is 19.8 Å². The lowest BCUT2D eigenvalue weighted by atomic mass is 10.1. The molecule has 28 heavy (non-hydrogen) atoms. The van der Waals surface area contributed by atoms with Crippen molar-refractivity contribution in [3.63, 3.8) is 0 Å². The molecule has 2 aromatic carbocycles. The number of nitrogens with zero attached hydrogens (tertiary/aromatic N) is 4. The molecule has 0 atom stereocenters. The Bertz CT molecular complexity index is 1010. The zero-order valence-corrected chi connectivity index (χ0v) is 17.7. The van der Waals surface area contributed by atoms with Crippen molar-refractivity contribution >= 4 is 25.0 Å². The van der Waals surface area contributed by atoms with Crippen LogP contribution in [0.1, 0.15) is 21.5 Å². The Labute approximate surface area is 166 Å². The molecule has 146 valence electrons. The predicted octanol–water partition coefficient (Wildman–Crippen LogP) is 3.90. The average Bonchev–Trinajstić information content (AvgIpc) is 3.19. The van der Waals surface area contributed by atoms with Gasteiger partial charge in [0.05, 0.1) is 5.52 Å². The maximum atomic E-state index is 12.6. The molecule has 7 heteroatoms. The van der Waals surface area contributed by atoms with E-state index in [2.05, 4.69) is 30.0 Å². The molecule has 0 saturated heterocycles. The highest BCUT2D eigenvalue weighted by atomic mass is 28.3. The predicted molar refractivity (Wildman–Crippen MR) is 112 cm³/mol. The Hall–Kier alpha value is -2.51. The number of amides is 1. The highest BCUT2D eigenvalue weighted by molar-refractivity contribution is 6.76. The van der Waals surface area contributed by atoms with E-state index in [1.807, 2.05) is 47.4 Å². The van der Waals surface area contributed by atoms with E-state index < -0.39 is 8.07 Å². The summed E-state index contributed by atoms with van der Waals surface area (Å²) < 4.78 is 7.58. The van der Waals surface area contributed by atoms with Gasteiger partial charge >= 0.3 is 0 Å². The number of carbonyl (C=O) groups excluding carboxylic acids is 1. The topological polar surface area (TPSA) is 60.2 Å². The molecule has 4 rings (SSSR count). The van der Waals surface area contributed by atoms with Crippen molar-refractivity contribution in [2.45, 2.75) is 45.5 Å². The number of fused-ring (bicyclic) bond motifs is 2. The van der Waals surface area contributed by atoms with Gasteiger partial charge in [0.1, 0.15) is 12.2 Å². The fraction of sp³-hybridized carbons (Fsp3) is 0.381. The summed E-state index contributed by atoms with van der Waals surface area (Å²) in [5, 5.41) is 8.50. The van der Waals surface area contributed by atoms with Crippen LogP contribution in [0, 0.1) is 0 Å². The van der Waals surface area contributed by atoms with Gasteiger partial charge in [-0.05, 0) is 35.4 Å². The molecule has 1 amide bonds. The summed E-state index contributed by atoms with van der Waals surface area (Å²) in [6.07, 6.45) is 0.